The van der Waals surface area contributed by atoms with E-state index in [0.717, 1.165) is 26.7 Å². The number of rotatable bonds is 5. The SMILES string of the molecule is COc1c(Br)cc(Br)cc1CNCC1CCS(=O)(=O)C1. The Morgan fingerprint density at radius 3 is 2.75 bits per heavy atom. The van der Waals surface area contributed by atoms with Gasteiger partial charge >= 0.3 is 0 Å². The van der Waals surface area contributed by atoms with Gasteiger partial charge in [-0.1, -0.05) is 15.9 Å². The predicted molar refractivity (Wildman–Crippen MR) is 86.9 cm³/mol. The van der Waals surface area contributed by atoms with Gasteiger partial charge in [0.2, 0.25) is 0 Å². The second-order valence-electron chi connectivity index (χ2n) is 4.98. The third-order valence-corrected chi connectivity index (χ3v) is 6.25. The third-order valence-electron chi connectivity index (χ3n) is 3.36. The summed E-state index contributed by atoms with van der Waals surface area (Å²) < 4.78 is 30.1. The molecule has 20 heavy (non-hydrogen) atoms. The zero-order valence-electron chi connectivity index (χ0n) is 11.2. The van der Waals surface area contributed by atoms with Crippen LogP contribution in [0, 0.1) is 5.92 Å². The maximum Gasteiger partial charge on any atom is 0.150 e. The average molecular weight is 427 g/mol. The summed E-state index contributed by atoms with van der Waals surface area (Å²) in [4.78, 5) is 0. The number of hydrogen-bond donors (Lipinski definition) is 1. The maximum atomic E-state index is 11.4. The van der Waals surface area contributed by atoms with Crippen molar-refractivity contribution in [2.24, 2.45) is 5.92 Å². The zero-order chi connectivity index (χ0) is 14.8. The summed E-state index contributed by atoms with van der Waals surface area (Å²) in [5.41, 5.74) is 1.04. The summed E-state index contributed by atoms with van der Waals surface area (Å²) in [6, 6.07) is 3.94. The normalized spacial score (nSPS) is 21.1. The maximum absolute atomic E-state index is 11.4. The zero-order valence-corrected chi connectivity index (χ0v) is 15.1. The molecule has 0 radical (unpaired) electrons. The molecule has 1 heterocycles. The molecule has 1 aliphatic heterocycles. The van der Waals surface area contributed by atoms with Crippen LogP contribution < -0.4 is 10.1 Å². The minimum atomic E-state index is -2.80. The summed E-state index contributed by atoms with van der Waals surface area (Å²) in [7, 11) is -1.16. The lowest BCUT2D eigenvalue weighted by atomic mass is 10.1. The number of hydrogen-bond acceptors (Lipinski definition) is 4. The molecule has 1 saturated heterocycles. The van der Waals surface area contributed by atoms with E-state index in [1.54, 1.807) is 7.11 Å². The van der Waals surface area contributed by atoms with E-state index >= 15 is 0 Å². The average Bonchev–Trinajstić information content (AvgIpc) is 2.68. The fourth-order valence-electron chi connectivity index (χ4n) is 2.42. The molecule has 0 saturated carbocycles. The highest BCUT2D eigenvalue weighted by Gasteiger charge is 2.27. The van der Waals surface area contributed by atoms with Crippen molar-refractivity contribution in [1.82, 2.24) is 5.32 Å². The standard InChI is InChI=1S/C13H17Br2NO3S/c1-19-13-10(4-11(14)5-12(13)15)7-16-6-9-2-3-20(17,18)8-9/h4-5,9,16H,2-3,6-8H2,1H3. The van der Waals surface area contributed by atoms with E-state index in [1.807, 2.05) is 12.1 Å². The molecule has 0 aromatic heterocycles. The summed E-state index contributed by atoms with van der Waals surface area (Å²) in [6.45, 7) is 1.37. The molecule has 7 heteroatoms. The van der Waals surface area contributed by atoms with Gasteiger partial charge in [0.1, 0.15) is 5.75 Å². The number of nitrogens with one attached hydrogen (secondary N) is 1. The van der Waals surface area contributed by atoms with Crippen molar-refractivity contribution in [2.45, 2.75) is 13.0 Å². The fraction of sp³-hybridized carbons (Fsp3) is 0.538. The number of benzene rings is 1. The summed E-state index contributed by atoms with van der Waals surface area (Å²) in [5.74, 6) is 1.66. The first-order chi connectivity index (χ1) is 9.41. The fourth-order valence-corrected chi connectivity index (χ4v) is 5.75. The Morgan fingerprint density at radius 1 is 1.40 bits per heavy atom. The van der Waals surface area contributed by atoms with E-state index in [-0.39, 0.29) is 5.92 Å². The van der Waals surface area contributed by atoms with Crippen molar-refractivity contribution >= 4 is 41.7 Å². The molecule has 0 amide bonds. The van der Waals surface area contributed by atoms with Gasteiger partial charge in [-0.05, 0) is 46.9 Å². The molecule has 1 aliphatic rings. The van der Waals surface area contributed by atoms with Crippen LogP contribution in [0.3, 0.4) is 0 Å². The Morgan fingerprint density at radius 2 is 2.15 bits per heavy atom. The molecule has 1 unspecified atom stereocenters. The first kappa shape index (κ1) is 16.3. The van der Waals surface area contributed by atoms with E-state index in [4.69, 9.17) is 4.74 Å². The molecule has 4 nitrogen and oxygen atoms in total. The van der Waals surface area contributed by atoms with Gasteiger partial charge in [0.15, 0.2) is 9.84 Å². The monoisotopic (exact) mass is 425 g/mol. The number of sulfone groups is 1. The second kappa shape index (κ2) is 6.77. The van der Waals surface area contributed by atoms with E-state index in [2.05, 4.69) is 37.2 Å². The number of methoxy groups -OCH3 is 1. The Kier molecular flexibility index (Phi) is 5.50. The molecule has 2 rings (SSSR count). The van der Waals surface area contributed by atoms with Gasteiger partial charge in [-0.3, -0.25) is 0 Å². The Bertz CT molecular complexity index is 590. The van der Waals surface area contributed by atoms with E-state index in [0.29, 0.717) is 24.6 Å². The molecular weight excluding hydrogens is 410 g/mol. The van der Waals surface area contributed by atoms with Crippen LogP contribution in [-0.4, -0.2) is 33.6 Å². The minimum absolute atomic E-state index is 0.224. The van der Waals surface area contributed by atoms with Crippen LogP contribution >= 0.6 is 31.9 Å². The van der Waals surface area contributed by atoms with Gasteiger partial charge in [0.25, 0.3) is 0 Å². The lowest BCUT2D eigenvalue weighted by Gasteiger charge is -2.14. The topological polar surface area (TPSA) is 55.4 Å². The van der Waals surface area contributed by atoms with Crippen molar-refractivity contribution in [1.29, 1.82) is 0 Å². The van der Waals surface area contributed by atoms with Crippen LogP contribution in [0.25, 0.3) is 0 Å². The van der Waals surface area contributed by atoms with Gasteiger partial charge in [-0.15, -0.1) is 0 Å². The molecule has 0 bridgehead atoms. The predicted octanol–water partition coefficient (Wildman–Crippen LogP) is 2.74. The van der Waals surface area contributed by atoms with Crippen molar-refractivity contribution < 1.29 is 13.2 Å². The molecule has 112 valence electrons. The lowest BCUT2D eigenvalue weighted by molar-refractivity contribution is 0.403. The molecule has 1 aromatic rings. The molecule has 1 atom stereocenters. The van der Waals surface area contributed by atoms with Crippen molar-refractivity contribution in [3.63, 3.8) is 0 Å². The van der Waals surface area contributed by atoms with Gasteiger partial charge in [-0.25, -0.2) is 8.42 Å². The van der Waals surface area contributed by atoms with E-state index in [9.17, 15) is 8.42 Å². The molecule has 0 aliphatic carbocycles. The highest BCUT2D eigenvalue weighted by atomic mass is 79.9. The molecule has 1 aromatic carbocycles. The molecule has 1 fully saturated rings. The van der Waals surface area contributed by atoms with Gasteiger partial charge in [0.05, 0.1) is 23.1 Å². The Labute approximate surface area is 136 Å². The first-order valence-corrected chi connectivity index (χ1v) is 9.75. The van der Waals surface area contributed by atoms with Crippen LogP contribution in [0.1, 0.15) is 12.0 Å². The first-order valence-electron chi connectivity index (χ1n) is 6.34. The highest BCUT2D eigenvalue weighted by molar-refractivity contribution is 9.11. The van der Waals surface area contributed by atoms with Crippen molar-refractivity contribution in [3.8, 4) is 5.75 Å². The van der Waals surface area contributed by atoms with E-state index < -0.39 is 9.84 Å². The van der Waals surface area contributed by atoms with Crippen LogP contribution in [0.4, 0.5) is 0 Å². The summed E-state index contributed by atoms with van der Waals surface area (Å²) in [5, 5.41) is 3.32. The van der Waals surface area contributed by atoms with Gasteiger partial charge < -0.3 is 10.1 Å². The van der Waals surface area contributed by atoms with Crippen LogP contribution in [-0.2, 0) is 16.4 Å². The Balaban J connectivity index is 1.94. The van der Waals surface area contributed by atoms with Crippen LogP contribution in [0.2, 0.25) is 0 Å². The number of halogens is 2. The largest absolute Gasteiger partial charge is 0.495 e. The minimum Gasteiger partial charge on any atom is -0.495 e. The van der Waals surface area contributed by atoms with Crippen LogP contribution in [0.5, 0.6) is 5.75 Å². The van der Waals surface area contributed by atoms with Gasteiger partial charge in [0, 0.05) is 16.6 Å². The molecule has 1 N–H and O–H groups in total. The Hall–Kier alpha value is -0.110. The van der Waals surface area contributed by atoms with Crippen LogP contribution in [0.15, 0.2) is 21.1 Å². The van der Waals surface area contributed by atoms with Gasteiger partial charge in [-0.2, -0.15) is 0 Å². The summed E-state index contributed by atoms with van der Waals surface area (Å²) in [6.07, 6.45) is 0.759. The smallest absolute Gasteiger partial charge is 0.150 e. The summed E-state index contributed by atoms with van der Waals surface area (Å²) >= 11 is 6.93. The molecule has 0 spiro atoms. The second-order valence-corrected chi connectivity index (χ2v) is 8.98. The quantitative estimate of drug-likeness (QED) is 0.786. The third kappa shape index (κ3) is 4.19. The number of ether oxygens (including phenoxy) is 1. The molecular formula is C13H17Br2NO3S. The van der Waals surface area contributed by atoms with Crippen molar-refractivity contribution in [3.05, 3.63) is 26.6 Å². The van der Waals surface area contributed by atoms with E-state index in [1.165, 1.54) is 0 Å². The van der Waals surface area contributed by atoms with Crippen molar-refractivity contribution in [2.75, 3.05) is 25.2 Å². The lowest BCUT2D eigenvalue weighted by Crippen LogP contribution is -2.23. The highest BCUT2D eigenvalue weighted by Crippen LogP contribution is 2.32.